The maximum Gasteiger partial charge on any atom is 0.255 e. The summed E-state index contributed by atoms with van der Waals surface area (Å²) in [5.41, 5.74) is 3.25. The van der Waals surface area contributed by atoms with Crippen LogP contribution < -0.4 is 16.0 Å². The highest BCUT2D eigenvalue weighted by molar-refractivity contribution is 6.04. The molecule has 31 heavy (non-hydrogen) atoms. The van der Waals surface area contributed by atoms with Crippen molar-refractivity contribution in [3.63, 3.8) is 0 Å². The number of para-hydroxylation sites is 1. The summed E-state index contributed by atoms with van der Waals surface area (Å²) in [6, 6.07) is 23.2. The molecule has 0 bridgehead atoms. The van der Waals surface area contributed by atoms with Crippen LogP contribution in [0.4, 0.5) is 11.4 Å². The quantitative estimate of drug-likeness (QED) is 0.542. The maximum absolute atomic E-state index is 12.5. The van der Waals surface area contributed by atoms with Crippen LogP contribution >= 0.6 is 0 Å². The zero-order valence-corrected chi connectivity index (χ0v) is 16.9. The van der Waals surface area contributed by atoms with Crippen molar-refractivity contribution in [3.05, 3.63) is 95.6 Å². The van der Waals surface area contributed by atoms with Crippen LogP contribution in [0.25, 0.3) is 0 Å². The number of carbonyl (C=O) groups is 3. The molecule has 0 aromatic heterocycles. The normalized spacial score (nSPS) is 12.6. The van der Waals surface area contributed by atoms with Gasteiger partial charge in [-0.15, -0.1) is 0 Å². The Labute approximate surface area is 180 Å². The topological polar surface area (TPSA) is 87.3 Å². The van der Waals surface area contributed by atoms with E-state index in [1.54, 1.807) is 42.5 Å². The van der Waals surface area contributed by atoms with Crippen LogP contribution in [0.3, 0.4) is 0 Å². The van der Waals surface area contributed by atoms with Gasteiger partial charge < -0.3 is 16.0 Å². The SMILES string of the molecule is O=C(NCc1cccc(C(=O)Nc2ccccc2)c1)c1ccc(NC(=O)C2CC2)cc1. The van der Waals surface area contributed by atoms with Crippen LogP contribution in [0.1, 0.15) is 39.1 Å². The molecule has 1 saturated carbocycles. The second kappa shape index (κ2) is 9.26. The fourth-order valence-electron chi connectivity index (χ4n) is 3.13. The van der Waals surface area contributed by atoms with E-state index in [1.165, 1.54) is 0 Å². The molecule has 0 saturated heterocycles. The average Bonchev–Trinajstić information content (AvgIpc) is 3.64. The summed E-state index contributed by atoms with van der Waals surface area (Å²) < 4.78 is 0. The minimum Gasteiger partial charge on any atom is -0.348 e. The third-order valence-corrected chi connectivity index (χ3v) is 5.04. The van der Waals surface area contributed by atoms with E-state index < -0.39 is 0 Å². The van der Waals surface area contributed by atoms with E-state index >= 15 is 0 Å². The van der Waals surface area contributed by atoms with Crippen molar-refractivity contribution in [2.75, 3.05) is 10.6 Å². The summed E-state index contributed by atoms with van der Waals surface area (Å²) in [6.45, 7) is 0.297. The van der Waals surface area contributed by atoms with Gasteiger partial charge in [-0.05, 0) is 66.9 Å². The van der Waals surface area contributed by atoms with E-state index in [-0.39, 0.29) is 23.6 Å². The van der Waals surface area contributed by atoms with Crippen molar-refractivity contribution in [1.29, 1.82) is 0 Å². The number of amides is 3. The Bertz CT molecular complexity index is 1090. The molecular formula is C25H23N3O3. The molecule has 0 radical (unpaired) electrons. The van der Waals surface area contributed by atoms with Crippen molar-refractivity contribution in [2.24, 2.45) is 5.92 Å². The summed E-state index contributed by atoms with van der Waals surface area (Å²) in [5, 5.41) is 8.56. The van der Waals surface area contributed by atoms with Gasteiger partial charge in [-0.1, -0.05) is 30.3 Å². The van der Waals surface area contributed by atoms with Gasteiger partial charge in [0.2, 0.25) is 5.91 Å². The van der Waals surface area contributed by atoms with Gasteiger partial charge in [-0.25, -0.2) is 0 Å². The molecule has 0 unspecified atom stereocenters. The predicted molar refractivity (Wildman–Crippen MR) is 120 cm³/mol. The standard InChI is InChI=1S/C25H23N3O3/c29-23(18-11-13-22(14-12-18)28-24(30)19-9-10-19)26-16-17-5-4-6-20(15-17)25(31)27-21-7-2-1-3-8-21/h1-8,11-15,19H,9-10,16H2,(H,26,29)(H,27,31)(H,28,30). The van der Waals surface area contributed by atoms with Gasteiger partial charge in [0.25, 0.3) is 11.8 Å². The lowest BCUT2D eigenvalue weighted by atomic mass is 10.1. The molecule has 0 aliphatic heterocycles. The molecule has 0 heterocycles. The summed E-state index contributed by atoms with van der Waals surface area (Å²) >= 11 is 0. The summed E-state index contributed by atoms with van der Waals surface area (Å²) in [7, 11) is 0. The molecule has 1 aliphatic rings. The monoisotopic (exact) mass is 413 g/mol. The number of anilines is 2. The fourth-order valence-corrected chi connectivity index (χ4v) is 3.13. The molecular weight excluding hydrogens is 390 g/mol. The van der Waals surface area contributed by atoms with Crippen LogP contribution in [0.15, 0.2) is 78.9 Å². The fraction of sp³-hybridized carbons (Fsp3) is 0.160. The van der Waals surface area contributed by atoms with Gasteiger partial charge >= 0.3 is 0 Å². The van der Waals surface area contributed by atoms with Crippen molar-refractivity contribution < 1.29 is 14.4 Å². The lowest BCUT2D eigenvalue weighted by Crippen LogP contribution is -2.23. The number of hydrogen-bond acceptors (Lipinski definition) is 3. The molecule has 3 N–H and O–H groups in total. The van der Waals surface area contributed by atoms with Crippen molar-refractivity contribution in [3.8, 4) is 0 Å². The highest BCUT2D eigenvalue weighted by Crippen LogP contribution is 2.30. The number of hydrogen-bond donors (Lipinski definition) is 3. The van der Waals surface area contributed by atoms with Gasteiger partial charge in [0.1, 0.15) is 0 Å². The van der Waals surface area contributed by atoms with E-state index in [0.29, 0.717) is 23.4 Å². The zero-order valence-electron chi connectivity index (χ0n) is 16.9. The molecule has 0 spiro atoms. The van der Waals surface area contributed by atoms with Gasteiger partial charge in [0, 0.05) is 35.0 Å². The summed E-state index contributed by atoms with van der Waals surface area (Å²) in [4.78, 5) is 36.7. The van der Waals surface area contributed by atoms with E-state index in [2.05, 4.69) is 16.0 Å². The van der Waals surface area contributed by atoms with E-state index in [4.69, 9.17) is 0 Å². The van der Waals surface area contributed by atoms with Gasteiger partial charge in [-0.3, -0.25) is 14.4 Å². The van der Waals surface area contributed by atoms with Gasteiger partial charge in [0.05, 0.1) is 0 Å². The highest BCUT2D eigenvalue weighted by Gasteiger charge is 2.29. The Hall–Kier alpha value is -3.93. The van der Waals surface area contributed by atoms with Crippen LogP contribution in [-0.2, 0) is 11.3 Å². The number of nitrogens with one attached hydrogen (secondary N) is 3. The first-order chi connectivity index (χ1) is 15.1. The van der Waals surface area contributed by atoms with Crippen LogP contribution in [0, 0.1) is 5.92 Å². The Balaban J connectivity index is 1.32. The molecule has 0 atom stereocenters. The predicted octanol–water partition coefficient (Wildman–Crippen LogP) is 4.22. The van der Waals surface area contributed by atoms with E-state index in [9.17, 15) is 14.4 Å². The molecule has 6 nitrogen and oxygen atoms in total. The third kappa shape index (κ3) is 5.57. The minimum absolute atomic E-state index is 0.0355. The van der Waals surface area contributed by atoms with Crippen LogP contribution in [0.2, 0.25) is 0 Å². The van der Waals surface area contributed by atoms with E-state index in [1.807, 2.05) is 36.4 Å². The first-order valence-electron chi connectivity index (χ1n) is 10.2. The van der Waals surface area contributed by atoms with Crippen molar-refractivity contribution >= 4 is 29.1 Å². The summed E-state index contributed by atoms with van der Waals surface area (Å²) in [6.07, 6.45) is 1.89. The zero-order chi connectivity index (χ0) is 21.6. The highest BCUT2D eigenvalue weighted by atomic mass is 16.2. The molecule has 1 fully saturated rings. The first kappa shape index (κ1) is 20.3. The molecule has 3 amide bonds. The molecule has 6 heteroatoms. The van der Waals surface area contributed by atoms with Gasteiger partial charge in [0.15, 0.2) is 0 Å². The maximum atomic E-state index is 12.5. The number of rotatable bonds is 7. The lowest BCUT2D eigenvalue weighted by molar-refractivity contribution is -0.117. The second-order valence-corrected chi connectivity index (χ2v) is 7.54. The minimum atomic E-state index is -0.223. The van der Waals surface area contributed by atoms with Crippen molar-refractivity contribution in [2.45, 2.75) is 19.4 Å². The van der Waals surface area contributed by atoms with E-state index in [0.717, 1.165) is 24.1 Å². The largest absolute Gasteiger partial charge is 0.348 e. The second-order valence-electron chi connectivity index (χ2n) is 7.54. The molecule has 1 aliphatic carbocycles. The third-order valence-electron chi connectivity index (χ3n) is 5.04. The molecule has 4 rings (SSSR count). The molecule has 3 aromatic carbocycles. The van der Waals surface area contributed by atoms with Crippen LogP contribution in [0.5, 0.6) is 0 Å². The smallest absolute Gasteiger partial charge is 0.255 e. The lowest BCUT2D eigenvalue weighted by Gasteiger charge is -2.09. The Morgan fingerprint density at radius 3 is 2.13 bits per heavy atom. The number of carbonyl (C=O) groups excluding carboxylic acids is 3. The average molecular weight is 413 g/mol. The van der Waals surface area contributed by atoms with Gasteiger partial charge in [-0.2, -0.15) is 0 Å². The summed E-state index contributed by atoms with van der Waals surface area (Å²) in [5.74, 6) is -0.260. The van der Waals surface area contributed by atoms with Crippen molar-refractivity contribution in [1.82, 2.24) is 5.32 Å². The Morgan fingerprint density at radius 1 is 0.710 bits per heavy atom. The first-order valence-corrected chi connectivity index (χ1v) is 10.2. The molecule has 3 aromatic rings. The number of benzene rings is 3. The Kier molecular flexibility index (Phi) is 6.08. The molecule has 156 valence electrons. The van der Waals surface area contributed by atoms with Crippen LogP contribution in [-0.4, -0.2) is 17.7 Å². The Morgan fingerprint density at radius 2 is 1.42 bits per heavy atom.